The summed E-state index contributed by atoms with van der Waals surface area (Å²) in [5.41, 5.74) is -0.581. The quantitative estimate of drug-likeness (QED) is 0.226. The minimum atomic E-state index is -1.08. The van der Waals surface area contributed by atoms with E-state index in [1.165, 1.54) is 10.6 Å². The zero-order valence-electron chi connectivity index (χ0n) is 28.6. The number of halogens is 3. The Morgan fingerprint density at radius 2 is 1.80 bits per heavy atom. The number of hydrogen-bond acceptors (Lipinski definition) is 9. The number of phenolic OH excluding ortho intramolecular Hbond substituents is 1. The summed E-state index contributed by atoms with van der Waals surface area (Å²) in [6.45, 7) is 13.4. The highest BCUT2D eigenvalue weighted by Gasteiger charge is 2.37. The van der Waals surface area contributed by atoms with Crippen molar-refractivity contribution in [2.24, 2.45) is 0 Å². The highest BCUT2D eigenvalue weighted by atomic mass is 35.5. The zero-order chi connectivity index (χ0) is 35.9. The van der Waals surface area contributed by atoms with E-state index >= 15 is 4.39 Å². The molecule has 0 spiro atoms. The monoisotopic (exact) mass is 698 g/mol. The van der Waals surface area contributed by atoms with Gasteiger partial charge >= 0.3 is 11.8 Å². The van der Waals surface area contributed by atoms with Gasteiger partial charge in [-0.2, -0.15) is 4.98 Å². The molecule has 0 radical (unpaired) electrons. The lowest BCUT2D eigenvalue weighted by Gasteiger charge is -2.44. The number of carbonyl (C=O) groups excluding carboxylic acids is 1. The van der Waals surface area contributed by atoms with Crippen LogP contribution in [0.3, 0.4) is 0 Å². The van der Waals surface area contributed by atoms with Crippen LogP contribution in [0, 0.1) is 11.6 Å². The Balaban J connectivity index is 1.80. The van der Waals surface area contributed by atoms with Gasteiger partial charge in [0.05, 0.1) is 33.0 Å². The molecule has 2 atom stereocenters. The molecular formula is C35H41ClF2N6O5. The smallest absolute Gasteiger partial charge is 0.410 e. The van der Waals surface area contributed by atoms with Crippen LogP contribution in [-0.4, -0.2) is 78.1 Å². The predicted octanol–water partition coefficient (Wildman–Crippen LogP) is 6.36. The number of aliphatic hydroxyl groups excluding tert-OH is 1. The van der Waals surface area contributed by atoms with E-state index < -0.39 is 40.3 Å². The highest BCUT2D eigenvalue weighted by Crippen LogP contribution is 2.40. The second kappa shape index (κ2) is 13.9. The number of aryl methyl sites for hydroxylation is 1. The first-order chi connectivity index (χ1) is 23.0. The van der Waals surface area contributed by atoms with Crippen molar-refractivity contribution in [1.82, 2.24) is 24.4 Å². The predicted molar refractivity (Wildman–Crippen MR) is 184 cm³/mol. The molecule has 4 heterocycles. The minimum Gasteiger partial charge on any atom is -0.504 e. The molecule has 1 fully saturated rings. The molecule has 11 nitrogen and oxygen atoms in total. The van der Waals surface area contributed by atoms with Crippen LogP contribution < -0.4 is 10.6 Å². The van der Waals surface area contributed by atoms with E-state index in [1.807, 2.05) is 32.6 Å². The van der Waals surface area contributed by atoms with Gasteiger partial charge in [-0.3, -0.25) is 4.98 Å². The summed E-state index contributed by atoms with van der Waals surface area (Å²) >= 11 is 6.75. The van der Waals surface area contributed by atoms with E-state index in [2.05, 4.69) is 15.0 Å². The maximum absolute atomic E-state index is 15.3. The fraction of sp³-hybridized carbons (Fsp3) is 0.457. The number of anilines is 1. The summed E-state index contributed by atoms with van der Waals surface area (Å²) in [7, 11) is 0. The third-order valence-corrected chi connectivity index (χ3v) is 8.70. The average Bonchev–Trinajstić information content (AvgIpc) is 3.02. The molecule has 0 bridgehead atoms. The van der Waals surface area contributed by atoms with E-state index in [-0.39, 0.29) is 59.9 Å². The lowest BCUT2D eigenvalue weighted by Crippen LogP contribution is -2.59. The van der Waals surface area contributed by atoms with Crippen molar-refractivity contribution >= 4 is 34.5 Å². The van der Waals surface area contributed by atoms with Crippen LogP contribution in [0.1, 0.15) is 72.1 Å². The van der Waals surface area contributed by atoms with Crippen molar-refractivity contribution in [2.75, 3.05) is 24.6 Å². The molecule has 3 aromatic heterocycles. The van der Waals surface area contributed by atoms with Crippen LogP contribution in [0.5, 0.6) is 5.75 Å². The Bertz CT molecular complexity index is 1960. The van der Waals surface area contributed by atoms with Gasteiger partial charge in [0.1, 0.15) is 17.2 Å². The van der Waals surface area contributed by atoms with E-state index in [1.54, 1.807) is 37.9 Å². The van der Waals surface area contributed by atoms with Gasteiger partial charge in [-0.25, -0.2) is 27.9 Å². The van der Waals surface area contributed by atoms with Crippen molar-refractivity contribution < 1.29 is 28.5 Å². The fourth-order valence-corrected chi connectivity index (χ4v) is 6.37. The second-order valence-corrected chi connectivity index (χ2v) is 14.1. The zero-order valence-corrected chi connectivity index (χ0v) is 29.3. The van der Waals surface area contributed by atoms with Gasteiger partial charge in [0.25, 0.3) is 0 Å². The van der Waals surface area contributed by atoms with Crippen LogP contribution >= 0.6 is 11.6 Å². The third-order valence-electron chi connectivity index (χ3n) is 8.41. The first kappa shape index (κ1) is 35.9. The largest absolute Gasteiger partial charge is 0.504 e. The van der Waals surface area contributed by atoms with Crippen LogP contribution in [-0.2, 0) is 11.2 Å². The van der Waals surface area contributed by atoms with E-state index in [0.29, 0.717) is 35.2 Å². The fourth-order valence-electron chi connectivity index (χ4n) is 6.13. The van der Waals surface area contributed by atoms with Crippen LogP contribution in [0.25, 0.3) is 28.0 Å². The molecule has 1 aromatic carbocycles. The average molecular weight is 699 g/mol. The van der Waals surface area contributed by atoms with Crippen molar-refractivity contribution in [3.8, 4) is 22.7 Å². The van der Waals surface area contributed by atoms with Gasteiger partial charge in [-0.05, 0) is 83.2 Å². The van der Waals surface area contributed by atoms with Gasteiger partial charge < -0.3 is 24.7 Å². The summed E-state index contributed by atoms with van der Waals surface area (Å²) in [4.78, 5) is 44.8. The molecule has 1 aliphatic rings. The number of fused-ring (bicyclic) bond motifs is 1. The minimum absolute atomic E-state index is 0.0204. The molecule has 4 aromatic rings. The Morgan fingerprint density at radius 1 is 1.10 bits per heavy atom. The Morgan fingerprint density at radius 3 is 2.45 bits per heavy atom. The number of amides is 1. The van der Waals surface area contributed by atoms with Gasteiger partial charge in [0.15, 0.2) is 17.2 Å². The summed E-state index contributed by atoms with van der Waals surface area (Å²) in [5.74, 6) is -2.95. The number of pyridine rings is 2. The number of carbonyl (C=O) groups is 1. The molecule has 1 saturated heterocycles. The lowest BCUT2D eigenvalue weighted by atomic mass is 10.0. The number of aromatic hydroxyl groups is 1. The second-order valence-electron chi connectivity index (χ2n) is 13.7. The van der Waals surface area contributed by atoms with Crippen molar-refractivity contribution in [2.45, 2.75) is 84.9 Å². The highest BCUT2D eigenvalue weighted by molar-refractivity contribution is 6.34. The van der Waals surface area contributed by atoms with Gasteiger partial charge in [-0.15, -0.1) is 0 Å². The molecular weight excluding hydrogens is 658 g/mol. The third kappa shape index (κ3) is 7.04. The summed E-state index contributed by atoms with van der Waals surface area (Å²) in [6.07, 6.45) is 1.96. The number of benzene rings is 1. The molecule has 1 aliphatic heterocycles. The van der Waals surface area contributed by atoms with Crippen molar-refractivity contribution in [3.05, 3.63) is 68.9 Å². The molecule has 2 unspecified atom stereocenters. The summed E-state index contributed by atoms with van der Waals surface area (Å²) in [5, 5.41) is 20.5. The number of aromatic nitrogens is 4. The molecule has 0 saturated carbocycles. The number of ether oxygens (including phenoxy) is 1. The van der Waals surface area contributed by atoms with Gasteiger partial charge in [0, 0.05) is 38.0 Å². The molecule has 14 heteroatoms. The molecule has 2 N–H and O–H groups in total. The number of rotatable bonds is 7. The number of nitrogens with zero attached hydrogens (tertiary/aromatic N) is 6. The van der Waals surface area contributed by atoms with Crippen LogP contribution in [0.2, 0.25) is 5.02 Å². The number of phenols is 1. The van der Waals surface area contributed by atoms with E-state index in [9.17, 15) is 24.2 Å². The van der Waals surface area contributed by atoms with E-state index in [4.69, 9.17) is 16.3 Å². The summed E-state index contributed by atoms with van der Waals surface area (Å²) in [6, 6.07) is 4.17. The summed E-state index contributed by atoms with van der Waals surface area (Å²) < 4.78 is 36.7. The number of piperazine rings is 1. The molecule has 49 heavy (non-hydrogen) atoms. The number of aliphatic hydroxyl groups is 1. The van der Waals surface area contributed by atoms with Crippen molar-refractivity contribution in [1.29, 1.82) is 0 Å². The normalized spacial score (nSPS) is 16.9. The topological polar surface area (TPSA) is 134 Å². The van der Waals surface area contributed by atoms with E-state index in [0.717, 1.165) is 12.1 Å². The maximum atomic E-state index is 15.3. The Labute approximate surface area is 288 Å². The lowest BCUT2D eigenvalue weighted by molar-refractivity contribution is 0.0130. The van der Waals surface area contributed by atoms with Gasteiger partial charge in [-0.1, -0.05) is 25.4 Å². The maximum Gasteiger partial charge on any atom is 0.410 e. The first-order valence-corrected chi connectivity index (χ1v) is 16.6. The molecule has 1 amide bonds. The molecule has 5 rings (SSSR count). The number of hydrogen-bond donors (Lipinski definition) is 2. The first-order valence-electron chi connectivity index (χ1n) is 16.2. The standard InChI is InChI=1S/C35H41ClF2N6O5/c1-18(2)27-29(21(9-8-14-45)12-13-39-27)44-32-22(15-23(36)28(40-32)26-24(37)10-11-25(38)30(26)46)31(41-33(44)47)42-16-20(4)43(17-19(42)3)34(48)49-35(5,6)7/h10-13,15,18-20,45-46H,8-9,14,16-17H2,1-7H3. The SMILES string of the molecule is CC(C)c1nccc(CCCO)c1-n1c(=O)nc(N2CC(C)N(C(=O)OC(C)(C)C)CC2C)c2cc(Cl)c(-c3c(F)ccc(F)c3O)nc21. The van der Waals surface area contributed by atoms with Gasteiger partial charge in [0.2, 0.25) is 0 Å². The van der Waals surface area contributed by atoms with Crippen LogP contribution in [0.15, 0.2) is 35.3 Å². The van der Waals surface area contributed by atoms with Crippen LogP contribution in [0.4, 0.5) is 19.4 Å². The molecule has 0 aliphatic carbocycles. The van der Waals surface area contributed by atoms with Crippen molar-refractivity contribution in [3.63, 3.8) is 0 Å². The Hall–Kier alpha value is -4.36. The Kier molecular flexibility index (Phi) is 10.2. The molecule has 262 valence electrons.